The summed E-state index contributed by atoms with van der Waals surface area (Å²) in [6.45, 7) is 1.10. The van der Waals surface area contributed by atoms with E-state index in [2.05, 4.69) is 27.5 Å². The Balaban J connectivity index is 1.61. The number of fused-ring (bicyclic) bond motifs is 1. The van der Waals surface area contributed by atoms with Crippen molar-refractivity contribution in [2.75, 3.05) is 50.7 Å². The summed E-state index contributed by atoms with van der Waals surface area (Å²) >= 11 is 1.15. The fraction of sp³-hybridized carbons (Fsp3) is 0.423. The van der Waals surface area contributed by atoms with Gasteiger partial charge in [0.15, 0.2) is 0 Å². The predicted octanol–water partition coefficient (Wildman–Crippen LogP) is 5.36. The Bertz CT molecular complexity index is 1510. The number of alkyl halides is 4. The van der Waals surface area contributed by atoms with Crippen molar-refractivity contribution in [1.82, 2.24) is 9.88 Å². The number of benzene rings is 1. The highest BCUT2D eigenvalue weighted by Crippen LogP contribution is 2.39. The Kier molecular flexibility index (Phi) is 8.58. The first-order valence-corrected chi connectivity index (χ1v) is 14.9. The number of pyridine rings is 1. The van der Waals surface area contributed by atoms with Crippen LogP contribution in [0.2, 0.25) is 0 Å². The molecule has 7 nitrogen and oxygen atoms in total. The minimum Gasteiger partial charge on any atom is -0.479 e. The lowest BCUT2D eigenvalue weighted by molar-refractivity contribution is -0.126. The van der Waals surface area contributed by atoms with Crippen LogP contribution in [-0.2, 0) is 16.1 Å². The number of methoxy groups -OCH3 is 1. The molecule has 39 heavy (non-hydrogen) atoms. The van der Waals surface area contributed by atoms with Crippen molar-refractivity contribution in [3.8, 4) is 17.7 Å². The van der Waals surface area contributed by atoms with Crippen molar-refractivity contribution in [3.63, 3.8) is 0 Å². The molecule has 3 aromatic rings. The standard InChI is InChI=1S/C26H29F4N5O2S2/c1-35-13-11-19(18(27)15-35)33-20-7-4-6-16-17(14-26(28,29)30)22(38-24(16)20)8-5-12-32-21-9-10-23(39(3,31)36)34-25(21)37-2/h4,6-7,9-10,18-19,31-33H,11-15H2,1-3H3/t18-,19-,39+/m1/s1. The van der Waals surface area contributed by atoms with Gasteiger partial charge in [0.1, 0.15) is 11.2 Å². The van der Waals surface area contributed by atoms with E-state index in [0.29, 0.717) is 39.3 Å². The third kappa shape index (κ3) is 7.12. The van der Waals surface area contributed by atoms with Crippen LogP contribution in [0.3, 0.4) is 0 Å². The normalized spacial score (nSPS) is 19.7. The molecular formula is C26H29F4N5O2S2. The molecule has 4 rings (SSSR count). The second-order valence-corrected chi connectivity index (χ2v) is 12.5. The van der Waals surface area contributed by atoms with Crippen LogP contribution in [0.4, 0.5) is 28.9 Å². The minimum atomic E-state index is -4.43. The van der Waals surface area contributed by atoms with Gasteiger partial charge in [0.05, 0.1) is 56.8 Å². The smallest absolute Gasteiger partial charge is 0.393 e. The Morgan fingerprint density at radius 2 is 2.05 bits per heavy atom. The topological polar surface area (TPSA) is 90.3 Å². The third-order valence-corrected chi connectivity index (χ3v) is 8.50. The summed E-state index contributed by atoms with van der Waals surface area (Å²) in [6, 6.07) is 7.65. The van der Waals surface area contributed by atoms with Crippen molar-refractivity contribution in [2.24, 2.45) is 0 Å². The van der Waals surface area contributed by atoms with Gasteiger partial charge in [-0.2, -0.15) is 13.2 Å². The maximum Gasteiger partial charge on any atom is 0.393 e. The summed E-state index contributed by atoms with van der Waals surface area (Å²) in [7, 11) is 0.208. The Hall–Kier alpha value is -3.08. The fourth-order valence-electron chi connectivity index (χ4n) is 4.37. The van der Waals surface area contributed by atoms with Crippen LogP contribution in [0.1, 0.15) is 16.9 Å². The lowest BCUT2D eigenvalue weighted by atomic mass is 10.0. The predicted molar refractivity (Wildman–Crippen MR) is 147 cm³/mol. The van der Waals surface area contributed by atoms with Crippen LogP contribution >= 0.6 is 11.3 Å². The molecule has 1 aliphatic heterocycles. The highest BCUT2D eigenvalue weighted by atomic mass is 32.2. The van der Waals surface area contributed by atoms with E-state index >= 15 is 0 Å². The van der Waals surface area contributed by atoms with Crippen LogP contribution < -0.4 is 15.4 Å². The van der Waals surface area contributed by atoms with Crippen molar-refractivity contribution in [1.29, 1.82) is 4.78 Å². The number of thiophene rings is 1. The van der Waals surface area contributed by atoms with Gasteiger partial charge in [-0.1, -0.05) is 24.0 Å². The van der Waals surface area contributed by atoms with E-state index in [1.807, 2.05) is 11.9 Å². The quantitative estimate of drug-likeness (QED) is 0.256. The molecule has 0 bridgehead atoms. The molecule has 210 valence electrons. The van der Waals surface area contributed by atoms with Gasteiger partial charge in [0, 0.05) is 19.3 Å². The van der Waals surface area contributed by atoms with Gasteiger partial charge < -0.3 is 20.3 Å². The van der Waals surface area contributed by atoms with E-state index in [-0.39, 0.29) is 23.0 Å². The lowest BCUT2D eigenvalue weighted by Crippen LogP contribution is -2.46. The van der Waals surface area contributed by atoms with Gasteiger partial charge in [-0.05, 0) is 42.6 Å². The number of aromatic nitrogens is 1. The van der Waals surface area contributed by atoms with Gasteiger partial charge >= 0.3 is 6.18 Å². The van der Waals surface area contributed by atoms with E-state index in [4.69, 9.17) is 9.52 Å². The van der Waals surface area contributed by atoms with Crippen LogP contribution in [0.5, 0.6) is 5.88 Å². The molecule has 1 aromatic carbocycles. The van der Waals surface area contributed by atoms with E-state index < -0.39 is 34.5 Å². The first-order valence-electron chi connectivity index (χ1n) is 12.1. The molecule has 0 aliphatic carbocycles. The summed E-state index contributed by atoms with van der Waals surface area (Å²) in [6.07, 6.45) is -4.81. The van der Waals surface area contributed by atoms with Crippen molar-refractivity contribution >= 4 is 42.5 Å². The fourth-order valence-corrected chi connectivity index (χ4v) is 6.13. The van der Waals surface area contributed by atoms with E-state index in [1.165, 1.54) is 19.4 Å². The molecule has 3 heterocycles. The van der Waals surface area contributed by atoms with Crippen molar-refractivity contribution < 1.29 is 26.5 Å². The molecule has 1 fully saturated rings. The third-order valence-electron chi connectivity index (χ3n) is 6.28. The average Bonchev–Trinajstić information content (AvgIpc) is 3.19. The monoisotopic (exact) mass is 583 g/mol. The maximum absolute atomic E-state index is 14.7. The number of nitrogens with one attached hydrogen (secondary N) is 3. The zero-order valence-electron chi connectivity index (χ0n) is 21.6. The molecule has 1 saturated heterocycles. The highest BCUT2D eigenvalue weighted by molar-refractivity contribution is 7.91. The number of hydrogen-bond acceptors (Lipinski definition) is 8. The van der Waals surface area contributed by atoms with Gasteiger partial charge in [0.2, 0.25) is 5.88 Å². The molecule has 0 saturated carbocycles. The lowest BCUT2D eigenvalue weighted by Gasteiger charge is -2.33. The van der Waals surface area contributed by atoms with Crippen LogP contribution in [0, 0.1) is 16.6 Å². The summed E-state index contributed by atoms with van der Waals surface area (Å²) in [5.74, 6) is 5.87. The minimum absolute atomic E-state index is 0.0711. The van der Waals surface area contributed by atoms with Crippen molar-refractivity contribution in [3.05, 3.63) is 40.8 Å². The zero-order chi connectivity index (χ0) is 28.4. The van der Waals surface area contributed by atoms with Gasteiger partial charge in [0.25, 0.3) is 0 Å². The van der Waals surface area contributed by atoms with E-state index in [9.17, 15) is 21.8 Å². The second-order valence-electron chi connectivity index (χ2n) is 9.41. The number of rotatable bonds is 7. The van der Waals surface area contributed by atoms with E-state index in [1.54, 1.807) is 24.3 Å². The Morgan fingerprint density at radius 1 is 1.28 bits per heavy atom. The second kappa shape index (κ2) is 11.6. The molecule has 3 atom stereocenters. The Labute approximate surface area is 228 Å². The summed E-state index contributed by atoms with van der Waals surface area (Å²) in [4.78, 5) is 6.30. The molecule has 2 aromatic heterocycles. The number of piperidine rings is 1. The zero-order valence-corrected chi connectivity index (χ0v) is 23.2. The molecule has 0 amide bonds. The molecule has 3 N–H and O–H groups in total. The van der Waals surface area contributed by atoms with Crippen molar-refractivity contribution in [2.45, 2.75) is 36.3 Å². The van der Waals surface area contributed by atoms with Crippen LogP contribution in [-0.4, -0.2) is 72.5 Å². The molecular weight excluding hydrogens is 554 g/mol. The SMILES string of the molecule is COc1nc([S@@](C)(=N)=O)ccc1NCC#Cc1sc2c(N[C@@H]3CCN(C)C[C@H]3F)cccc2c1CC(F)(F)F. The molecule has 0 spiro atoms. The van der Waals surface area contributed by atoms with Gasteiger partial charge in [-0.25, -0.2) is 18.4 Å². The first kappa shape index (κ1) is 28.9. The van der Waals surface area contributed by atoms with Gasteiger partial charge in [-0.15, -0.1) is 11.3 Å². The number of ether oxygens (including phenoxy) is 1. The Morgan fingerprint density at radius 3 is 2.72 bits per heavy atom. The largest absolute Gasteiger partial charge is 0.479 e. The van der Waals surface area contributed by atoms with E-state index in [0.717, 1.165) is 17.9 Å². The summed E-state index contributed by atoms with van der Waals surface area (Å²) in [5.41, 5.74) is 1.13. The number of nitrogens with zero attached hydrogens (tertiary/aromatic N) is 2. The highest BCUT2D eigenvalue weighted by Gasteiger charge is 2.32. The molecule has 1 aliphatic rings. The number of likely N-dealkylation sites (tertiary alicyclic amines) is 1. The maximum atomic E-state index is 14.7. The summed E-state index contributed by atoms with van der Waals surface area (Å²) < 4.78 is 80.7. The average molecular weight is 584 g/mol. The number of halogens is 4. The number of anilines is 2. The van der Waals surface area contributed by atoms with Crippen LogP contribution in [0.15, 0.2) is 35.4 Å². The van der Waals surface area contributed by atoms with Gasteiger partial charge in [-0.3, -0.25) is 0 Å². The summed E-state index contributed by atoms with van der Waals surface area (Å²) in [5, 5.41) is 6.74. The number of hydrogen-bond donors (Lipinski definition) is 3. The first-order chi connectivity index (χ1) is 18.4. The molecule has 13 heteroatoms. The molecule has 0 unspecified atom stereocenters. The van der Waals surface area contributed by atoms with Crippen LogP contribution in [0.25, 0.3) is 10.1 Å². The molecule has 0 radical (unpaired) electrons.